The van der Waals surface area contributed by atoms with E-state index in [0.29, 0.717) is 12.1 Å². The number of amides is 1. The smallest absolute Gasteiger partial charge is 0.306 e. The Kier molecular flexibility index (Phi) is 5.45. The third kappa shape index (κ3) is 4.28. The lowest BCUT2D eigenvalue weighted by atomic mass is 10.0. The largest absolute Gasteiger partial charge is 0.496 e. The Morgan fingerprint density at radius 2 is 1.93 bits per heavy atom. The van der Waals surface area contributed by atoms with Gasteiger partial charge in [0.15, 0.2) is 0 Å². The summed E-state index contributed by atoms with van der Waals surface area (Å²) in [5, 5.41) is 12.8. The lowest BCUT2D eigenvalue weighted by molar-refractivity contribution is -0.141. The average Bonchev–Trinajstić information content (AvgIpc) is 3.06. The minimum atomic E-state index is -0.818. The first-order valence-corrected chi connectivity index (χ1v) is 8.72. The Hall–Kier alpha value is -3.28. The van der Waals surface area contributed by atoms with Crippen LogP contribution < -0.4 is 10.1 Å². The van der Waals surface area contributed by atoms with Gasteiger partial charge < -0.3 is 20.1 Å². The van der Waals surface area contributed by atoms with Gasteiger partial charge in [0.2, 0.25) is 5.91 Å². The molecule has 1 unspecified atom stereocenters. The number of fused-ring (bicyclic) bond motifs is 1. The Morgan fingerprint density at radius 1 is 1.19 bits per heavy atom. The molecule has 27 heavy (non-hydrogen) atoms. The standard InChI is InChI=1S/C21H22N2O4/c1-13(21(25)26)10-14-6-8-16(9-7-14)23-19(24)11-15-12-22-17-4-3-5-18(27-2)20(15)17/h3-9,12-13,22H,10-11H2,1-2H3,(H,23,24)(H,25,26). The van der Waals surface area contributed by atoms with E-state index in [1.807, 2.05) is 36.5 Å². The third-order valence-corrected chi connectivity index (χ3v) is 4.52. The van der Waals surface area contributed by atoms with Crippen LogP contribution in [-0.4, -0.2) is 29.1 Å². The number of methoxy groups -OCH3 is 1. The molecule has 0 aliphatic heterocycles. The summed E-state index contributed by atoms with van der Waals surface area (Å²) < 4.78 is 5.39. The van der Waals surface area contributed by atoms with Crippen molar-refractivity contribution in [2.24, 2.45) is 5.92 Å². The van der Waals surface area contributed by atoms with Crippen molar-refractivity contribution in [1.29, 1.82) is 0 Å². The molecule has 0 spiro atoms. The van der Waals surface area contributed by atoms with Crippen molar-refractivity contribution in [3.63, 3.8) is 0 Å². The van der Waals surface area contributed by atoms with Crippen molar-refractivity contribution in [3.8, 4) is 5.75 Å². The summed E-state index contributed by atoms with van der Waals surface area (Å²) in [5.74, 6) is -0.661. The van der Waals surface area contributed by atoms with Crippen molar-refractivity contribution in [3.05, 3.63) is 59.8 Å². The average molecular weight is 366 g/mol. The van der Waals surface area contributed by atoms with Gasteiger partial charge >= 0.3 is 5.97 Å². The number of hydrogen-bond donors (Lipinski definition) is 3. The van der Waals surface area contributed by atoms with E-state index in [1.54, 1.807) is 26.2 Å². The summed E-state index contributed by atoms with van der Waals surface area (Å²) in [6.45, 7) is 1.67. The summed E-state index contributed by atoms with van der Waals surface area (Å²) in [4.78, 5) is 26.5. The van der Waals surface area contributed by atoms with E-state index in [9.17, 15) is 9.59 Å². The van der Waals surface area contributed by atoms with E-state index in [2.05, 4.69) is 10.3 Å². The van der Waals surface area contributed by atoms with Gasteiger partial charge in [-0.1, -0.05) is 25.1 Å². The molecular formula is C21H22N2O4. The van der Waals surface area contributed by atoms with Crippen molar-refractivity contribution in [1.82, 2.24) is 4.98 Å². The van der Waals surface area contributed by atoms with E-state index in [-0.39, 0.29) is 12.3 Å². The van der Waals surface area contributed by atoms with Crippen LogP contribution in [0.3, 0.4) is 0 Å². The quantitative estimate of drug-likeness (QED) is 0.595. The fraction of sp³-hybridized carbons (Fsp3) is 0.238. The van der Waals surface area contributed by atoms with Gasteiger partial charge in [-0.05, 0) is 41.8 Å². The van der Waals surface area contributed by atoms with Gasteiger partial charge in [-0.25, -0.2) is 0 Å². The Labute approximate surface area is 157 Å². The Morgan fingerprint density at radius 3 is 2.59 bits per heavy atom. The number of rotatable bonds is 7. The van der Waals surface area contributed by atoms with Crippen molar-refractivity contribution in [2.75, 3.05) is 12.4 Å². The summed E-state index contributed by atoms with van der Waals surface area (Å²) >= 11 is 0. The van der Waals surface area contributed by atoms with Gasteiger partial charge in [0.25, 0.3) is 0 Å². The number of nitrogens with one attached hydrogen (secondary N) is 2. The van der Waals surface area contributed by atoms with Gasteiger partial charge in [0, 0.05) is 22.8 Å². The summed E-state index contributed by atoms with van der Waals surface area (Å²) in [6.07, 6.45) is 2.50. The molecule has 1 aromatic heterocycles. The highest BCUT2D eigenvalue weighted by molar-refractivity contribution is 5.97. The molecule has 3 rings (SSSR count). The molecule has 0 saturated heterocycles. The first kappa shape index (κ1) is 18.5. The van der Waals surface area contributed by atoms with Gasteiger partial charge in [-0.15, -0.1) is 0 Å². The lowest BCUT2D eigenvalue weighted by Gasteiger charge is -2.09. The number of carbonyl (C=O) groups is 2. The van der Waals surface area contributed by atoms with Crippen LogP contribution in [0.25, 0.3) is 10.9 Å². The van der Waals surface area contributed by atoms with E-state index in [0.717, 1.165) is 27.8 Å². The zero-order valence-corrected chi connectivity index (χ0v) is 15.3. The lowest BCUT2D eigenvalue weighted by Crippen LogP contribution is -2.14. The Balaban J connectivity index is 1.67. The van der Waals surface area contributed by atoms with Gasteiger partial charge in [-0.2, -0.15) is 0 Å². The minimum absolute atomic E-state index is 0.131. The van der Waals surface area contributed by atoms with Crippen molar-refractivity contribution in [2.45, 2.75) is 19.8 Å². The number of benzene rings is 2. The molecule has 0 radical (unpaired) electrons. The third-order valence-electron chi connectivity index (χ3n) is 4.52. The molecule has 2 aromatic carbocycles. The maximum Gasteiger partial charge on any atom is 0.306 e. The molecule has 0 aliphatic carbocycles. The highest BCUT2D eigenvalue weighted by Gasteiger charge is 2.14. The second-order valence-electron chi connectivity index (χ2n) is 6.56. The van der Waals surface area contributed by atoms with Crippen LogP contribution in [0.1, 0.15) is 18.1 Å². The van der Waals surface area contributed by atoms with Crippen molar-refractivity contribution < 1.29 is 19.4 Å². The molecule has 0 aliphatic rings. The molecule has 1 heterocycles. The molecule has 3 N–H and O–H groups in total. The van der Waals surface area contributed by atoms with Crippen LogP contribution >= 0.6 is 0 Å². The fourth-order valence-electron chi connectivity index (χ4n) is 3.07. The normalized spacial score (nSPS) is 11.9. The fourth-order valence-corrected chi connectivity index (χ4v) is 3.07. The number of carboxylic acid groups (broad SMARTS) is 1. The molecule has 0 bridgehead atoms. The maximum atomic E-state index is 12.4. The predicted molar refractivity (Wildman–Crippen MR) is 104 cm³/mol. The van der Waals surface area contributed by atoms with Crippen LogP contribution in [0, 0.1) is 5.92 Å². The first-order chi connectivity index (χ1) is 13.0. The zero-order valence-electron chi connectivity index (χ0n) is 15.3. The number of ether oxygens (including phenoxy) is 1. The van der Waals surface area contributed by atoms with E-state index in [4.69, 9.17) is 9.84 Å². The number of H-pyrrole nitrogens is 1. The monoisotopic (exact) mass is 366 g/mol. The van der Waals surface area contributed by atoms with E-state index < -0.39 is 11.9 Å². The number of aromatic amines is 1. The van der Waals surface area contributed by atoms with E-state index in [1.165, 1.54) is 0 Å². The topological polar surface area (TPSA) is 91.4 Å². The van der Waals surface area contributed by atoms with Crippen LogP contribution in [0.15, 0.2) is 48.7 Å². The molecule has 1 amide bonds. The zero-order chi connectivity index (χ0) is 19.4. The van der Waals surface area contributed by atoms with E-state index >= 15 is 0 Å². The molecule has 140 valence electrons. The van der Waals surface area contributed by atoms with Crippen LogP contribution in [0.2, 0.25) is 0 Å². The molecule has 6 heteroatoms. The van der Waals surface area contributed by atoms with Gasteiger partial charge in [0.1, 0.15) is 5.75 Å². The van der Waals surface area contributed by atoms with Crippen LogP contribution in [0.5, 0.6) is 5.75 Å². The molecule has 1 atom stereocenters. The number of hydrogen-bond acceptors (Lipinski definition) is 3. The number of aliphatic carboxylic acids is 1. The highest BCUT2D eigenvalue weighted by Crippen LogP contribution is 2.29. The number of aromatic nitrogens is 1. The van der Waals surface area contributed by atoms with Crippen molar-refractivity contribution >= 4 is 28.5 Å². The molecule has 3 aromatic rings. The predicted octanol–water partition coefficient (Wildman–Crippen LogP) is 3.62. The van der Waals surface area contributed by atoms with Gasteiger partial charge in [0.05, 0.1) is 19.4 Å². The SMILES string of the molecule is COc1cccc2[nH]cc(CC(=O)Nc3ccc(CC(C)C(=O)O)cc3)c12. The molecule has 0 fully saturated rings. The summed E-state index contributed by atoms with van der Waals surface area (Å²) in [6, 6.07) is 13.0. The second kappa shape index (κ2) is 7.95. The molecular weight excluding hydrogens is 344 g/mol. The minimum Gasteiger partial charge on any atom is -0.496 e. The Bertz CT molecular complexity index is 960. The molecule has 0 saturated carbocycles. The first-order valence-electron chi connectivity index (χ1n) is 8.72. The van der Waals surface area contributed by atoms with Crippen LogP contribution in [0.4, 0.5) is 5.69 Å². The summed E-state index contributed by atoms with van der Waals surface area (Å²) in [7, 11) is 1.61. The maximum absolute atomic E-state index is 12.4. The second-order valence-corrected chi connectivity index (χ2v) is 6.56. The van der Waals surface area contributed by atoms with Crippen LogP contribution in [-0.2, 0) is 22.4 Å². The number of anilines is 1. The highest BCUT2D eigenvalue weighted by atomic mass is 16.5. The number of carbonyl (C=O) groups excluding carboxylic acids is 1. The summed E-state index contributed by atoms with van der Waals surface area (Å²) in [5.41, 5.74) is 3.39. The molecule has 6 nitrogen and oxygen atoms in total. The van der Waals surface area contributed by atoms with Gasteiger partial charge in [-0.3, -0.25) is 9.59 Å². The number of carboxylic acids is 1.